The Morgan fingerprint density at radius 3 is 2.59 bits per heavy atom. The van der Waals surface area contributed by atoms with Crippen molar-refractivity contribution >= 4 is 6.09 Å². The van der Waals surface area contributed by atoms with Gasteiger partial charge in [0.1, 0.15) is 5.60 Å². The number of benzene rings is 1. The van der Waals surface area contributed by atoms with Crippen LogP contribution in [0.25, 0.3) is 0 Å². The second-order valence-corrected chi connectivity index (χ2v) is 6.10. The van der Waals surface area contributed by atoms with Gasteiger partial charge in [0.25, 0.3) is 0 Å². The molecule has 6 heteroatoms. The average Bonchev–Trinajstić information content (AvgIpc) is 2.40. The van der Waals surface area contributed by atoms with Gasteiger partial charge >= 0.3 is 6.09 Å². The summed E-state index contributed by atoms with van der Waals surface area (Å²) < 4.78 is 31.8. The summed E-state index contributed by atoms with van der Waals surface area (Å²) >= 11 is 0. The van der Waals surface area contributed by atoms with Crippen LogP contribution in [0, 0.1) is 11.6 Å². The molecule has 1 rings (SSSR count). The second-order valence-electron chi connectivity index (χ2n) is 6.10. The second kappa shape index (κ2) is 8.08. The Labute approximate surface area is 130 Å². The first-order valence-electron chi connectivity index (χ1n) is 7.36. The Morgan fingerprint density at radius 2 is 2.00 bits per heavy atom. The van der Waals surface area contributed by atoms with Crippen LogP contribution in [0.5, 0.6) is 0 Å². The van der Waals surface area contributed by atoms with E-state index in [2.05, 4.69) is 10.6 Å². The van der Waals surface area contributed by atoms with Gasteiger partial charge in [-0.15, -0.1) is 0 Å². The summed E-state index contributed by atoms with van der Waals surface area (Å²) in [4.78, 5) is 11.7. The average molecular weight is 314 g/mol. The fraction of sp³-hybridized carbons (Fsp3) is 0.562. The molecule has 0 fully saturated rings. The molecule has 1 unspecified atom stereocenters. The predicted octanol–water partition coefficient (Wildman–Crippen LogP) is 3.36. The molecular weight excluding hydrogens is 290 g/mol. The van der Waals surface area contributed by atoms with Gasteiger partial charge in [-0.25, -0.2) is 13.6 Å². The van der Waals surface area contributed by atoms with Crippen molar-refractivity contribution in [2.75, 3.05) is 6.54 Å². The van der Waals surface area contributed by atoms with E-state index in [1.807, 2.05) is 6.92 Å². The molecule has 0 saturated carbocycles. The van der Waals surface area contributed by atoms with Crippen molar-refractivity contribution in [1.29, 1.82) is 0 Å². The molecule has 1 aromatic rings. The zero-order valence-corrected chi connectivity index (χ0v) is 13.5. The summed E-state index contributed by atoms with van der Waals surface area (Å²) in [6, 6.07) is 3.92. The number of alkyl carbamates (subject to hydrolysis) is 1. The SMILES string of the molecule is CCC(CNCc1cccc(F)c1F)NC(=O)OC(C)(C)C. The monoisotopic (exact) mass is 314 g/mol. The van der Waals surface area contributed by atoms with Gasteiger partial charge in [0.2, 0.25) is 0 Å². The smallest absolute Gasteiger partial charge is 0.407 e. The van der Waals surface area contributed by atoms with Crippen LogP contribution in [0.4, 0.5) is 13.6 Å². The van der Waals surface area contributed by atoms with Crippen LogP contribution in [0.1, 0.15) is 39.7 Å². The number of nitrogens with one attached hydrogen (secondary N) is 2. The highest BCUT2D eigenvalue weighted by atomic mass is 19.2. The van der Waals surface area contributed by atoms with Crippen molar-refractivity contribution in [2.24, 2.45) is 0 Å². The van der Waals surface area contributed by atoms with Crippen LogP contribution < -0.4 is 10.6 Å². The lowest BCUT2D eigenvalue weighted by Gasteiger charge is -2.23. The molecule has 2 N–H and O–H groups in total. The number of amides is 1. The number of halogens is 2. The van der Waals surface area contributed by atoms with Crippen molar-refractivity contribution < 1.29 is 18.3 Å². The van der Waals surface area contributed by atoms with E-state index >= 15 is 0 Å². The number of carbonyl (C=O) groups excluding carboxylic acids is 1. The maximum atomic E-state index is 13.5. The molecule has 0 radical (unpaired) electrons. The normalized spacial score (nSPS) is 12.8. The molecule has 22 heavy (non-hydrogen) atoms. The highest BCUT2D eigenvalue weighted by molar-refractivity contribution is 5.68. The standard InChI is InChI=1S/C16H24F2N2O2/c1-5-12(20-15(21)22-16(2,3)4)10-19-9-11-7-6-8-13(17)14(11)18/h6-8,12,19H,5,9-10H2,1-4H3,(H,20,21). The minimum atomic E-state index is -0.863. The lowest BCUT2D eigenvalue weighted by molar-refractivity contribution is 0.0502. The quantitative estimate of drug-likeness (QED) is 0.846. The molecule has 1 aromatic carbocycles. The number of hydrogen-bond acceptors (Lipinski definition) is 3. The lowest BCUT2D eigenvalue weighted by atomic mass is 10.2. The summed E-state index contributed by atoms with van der Waals surface area (Å²) in [5, 5.41) is 5.76. The van der Waals surface area contributed by atoms with Gasteiger partial charge < -0.3 is 15.4 Å². The van der Waals surface area contributed by atoms with Crippen molar-refractivity contribution in [1.82, 2.24) is 10.6 Å². The van der Waals surface area contributed by atoms with E-state index < -0.39 is 23.3 Å². The van der Waals surface area contributed by atoms with Crippen LogP contribution in [-0.4, -0.2) is 24.3 Å². The summed E-state index contributed by atoms with van der Waals surface area (Å²) in [6.07, 6.45) is 0.204. The highest BCUT2D eigenvalue weighted by Gasteiger charge is 2.18. The maximum absolute atomic E-state index is 13.5. The number of hydrogen-bond donors (Lipinski definition) is 2. The van der Waals surface area contributed by atoms with E-state index in [4.69, 9.17) is 4.74 Å². The molecule has 0 aliphatic heterocycles. The Hall–Kier alpha value is -1.69. The van der Waals surface area contributed by atoms with Crippen molar-refractivity contribution in [3.8, 4) is 0 Å². The van der Waals surface area contributed by atoms with E-state index in [-0.39, 0.29) is 18.2 Å². The fourth-order valence-corrected chi connectivity index (χ4v) is 1.84. The molecule has 4 nitrogen and oxygen atoms in total. The Bertz CT molecular complexity index is 501. The lowest BCUT2D eigenvalue weighted by Crippen LogP contribution is -2.43. The van der Waals surface area contributed by atoms with E-state index in [0.717, 1.165) is 6.07 Å². The number of rotatable bonds is 6. The van der Waals surface area contributed by atoms with Gasteiger partial charge in [-0.05, 0) is 33.3 Å². The molecule has 0 aliphatic rings. The molecule has 124 valence electrons. The van der Waals surface area contributed by atoms with E-state index in [0.29, 0.717) is 13.0 Å². The number of ether oxygens (including phenoxy) is 1. The topological polar surface area (TPSA) is 50.4 Å². The molecule has 0 saturated heterocycles. The van der Waals surface area contributed by atoms with E-state index in [1.165, 1.54) is 12.1 Å². The zero-order chi connectivity index (χ0) is 16.8. The Morgan fingerprint density at radius 1 is 1.32 bits per heavy atom. The molecule has 0 aliphatic carbocycles. The Balaban J connectivity index is 2.44. The molecule has 0 spiro atoms. The summed E-state index contributed by atoms with van der Waals surface area (Å²) in [5.74, 6) is -1.71. The summed E-state index contributed by atoms with van der Waals surface area (Å²) in [6.45, 7) is 7.92. The summed E-state index contributed by atoms with van der Waals surface area (Å²) in [7, 11) is 0. The van der Waals surface area contributed by atoms with E-state index in [9.17, 15) is 13.6 Å². The van der Waals surface area contributed by atoms with Crippen LogP contribution in [-0.2, 0) is 11.3 Å². The van der Waals surface area contributed by atoms with Gasteiger partial charge in [-0.2, -0.15) is 0 Å². The van der Waals surface area contributed by atoms with Crippen LogP contribution >= 0.6 is 0 Å². The van der Waals surface area contributed by atoms with Crippen molar-refractivity contribution in [3.63, 3.8) is 0 Å². The van der Waals surface area contributed by atoms with Gasteiger partial charge in [0, 0.05) is 24.7 Å². The third-order valence-electron chi connectivity index (χ3n) is 2.95. The molecule has 1 atom stereocenters. The largest absolute Gasteiger partial charge is 0.444 e. The summed E-state index contributed by atoms with van der Waals surface area (Å²) in [5.41, 5.74) is -0.298. The third-order valence-corrected chi connectivity index (χ3v) is 2.95. The number of carbonyl (C=O) groups is 1. The molecular formula is C16H24F2N2O2. The third kappa shape index (κ3) is 6.39. The predicted molar refractivity (Wildman–Crippen MR) is 81.5 cm³/mol. The molecule has 0 aromatic heterocycles. The van der Waals surface area contributed by atoms with Gasteiger partial charge in [0.05, 0.1) is 0 Å². The first-order valence-corrected chi connectivity index (χ1v) is 7.36. The molecule has 0 heterocycles. The van der Waals surface area contributed by atoms with Gasteiger partial charge in [-0.1, -0.05) is 19.1 Å². The van der Waals surface area contributed by atoms with Crippen LogP contribution in [0.2, 0.25) is 0 Å². The highest BCUT2D eigenvalue weighted by Crippen LogP contribution is 2.11. The van der Waals surface area contributed by atoms with Crippen molar-refractivity contribution in [3.05, 3.63) is 35.4 Å². The Kier molecular flexibility index (Phi) is 6.74. The minimum absolute atomic E-state index is 0.147. The fourth-order valence-electron chi connectivity index (χ4n) is 1.84. The van der Waals surface area contributed by atoms with Crippen LogP contribution in [0.3, 0.4) is 0 Å². The molecule has 0 bridgehead atoms. The minimum Gasteiger partial charge on any atom is -0.444 e. The zero-order valence-electron chi connectivity index (χ0n) is 13.5. The maximum Gasteiger partial charge on any atom is 0.407 e. The van der Waals surface area contributed by atoms with Crippen LogP contribution in [0.15, 0.2) is 18.2 Å². The first-order chi connectivity index (χ1) is 10.2. The van der Waals surface area contributed by atoms with Gasteiger partial charge in [0.15, 0.2) is 11.6 Å². The first kappa shape index (κ1) is 18.4. The van der Waals surface area contributed by atoms with Crippen molar-refractivity contribution in [2.45, 2.75) is 52.3 Å². The molecule has 1 amide bonds. The van der Waals surface area contributed by atoms with E-state index in [1.54, 1.807) is 20.8 Å². The van der Waals surface area contributed by atoms with Gasteiger partial charge in [-0.3, -0.25) is 0 Å².